The van der Waals surface area contributed by atoms with Gasteiger partial charge in [0.15, 0.2) is 5.57 Å². The smallest absolute Gasteiger partial charge is 0.169 e. The van der Waals surface area contributed by atoms with Gasteiger partial charge in [-0.3, -0.25) is 0 Å². The Morgan fingerprint density at radius 3 is 2.10 bits per heavy atom. The summed E-state index contributed by atoms with van der Waals surface area (Å²) >= 11 is 0. The summed E-state index contributed by atoms with van der Waals surface area (Å²) in [6.07, 6.45) is 7.14. The first-order chi connectivity index (χ1) is 14.4. The number of hydrogen-bond acceptors (Lipinski definition) is 6. The van der Waals surface area contributed by atoms with E-state index in [2.05, 4.69) is 59.6 Å². The van der Waals surface area contributed by atoms with Crippen molar-refractivity contribution in [2.75, 3.05) is 46.3 Å². The Kier molecular flexibility index (Phi) is 8.03. The molecule has 3 aliphatic heterocycles. The highest BCUT2D eigenvalue weighted by atomic mass is 15.3. The molecule has 1 unspecified atom stereocenters. The van der Waals surface area contributed by atoms with Gasteiger partial charge >= 0.3 is 0 Å². The van der Waals surface area contributed by atoms with Crippen LogP contribution in [0.4, 0.5) is 0 Å². The van der Waals surface area contributed by atoms with Crippen LogP contribution in [0.1, 0.15) is 59.3 Å². The zero-order chi connectivity index (χ0) is 21.7. The van der Waals surface area contributed by atoms with Crippen LogP contribution in [0, 0.1) is 28.6 Å². The molecule has 0 aromatic carbocycles. The maximum atomic E-state index is 9.66. The van der Waals surface area contributed by atoms with Crippen molar-refractivity contribution in [3.63, 3.8) is 0 Å². The number of allylic oxidation sites excluding steroid dienone is 1. The van der Waals surface area contributed by atoms with Gasteiger partial charge in [0.05, 0.1) is 0 Å². The van der Waals surface area contributed by atoms with Gasteiger partial charge in [0.2, 0.25) is 0 Å². The largest absolute Gasteiger partial charge is 0.357 e. The molecule has 0 N–H and O–H groups in total. The Hall–Kier alpha value is -1.76. The average Bonchev–Trinajstić information content (AvgIpc) is 3.16. The highest BCUT2D eigenvalue weighted by Gasteiger charge is 2.32. The van der Waals surface area contributed by atoms with Crippen molar-refractivity contribution >= 4 is 0 Å². The van der Waals surface area contributed by atoms with Crippen molar-refractivity contribution in [1.29, 1.82) is 10.5 Å². The predicted octanol–water partition coefficient (Wildman–Crippen LogP) is 3.25. The van der Waals surface area contributed by atoms with E-state index in [1.165, 1.54) is 25.9 Å². The van der Waals surface area contributed by atoms with Gasteiger partial charge in [-0.15, -0.1) is 0 Å². The van der Waals surface area contributed by atoms with E-state index in [1.54, 1.807) is 0 Å². The summed E-state index contributed by atoms with van der Waals surface area (Å²) in [5, 5.41) is 19.3. The topological polar surface area (TPSA) is 60.5 Å². The van der Waals surface area contributed by atoms with Crippen LogP contribution in [0.2, 0.25) is 0 Å². The third-order valence-electron chi connectivity index (χ3n) is 7.66. The molecule has 0 aliphatic carbocycles. The third kappa shape index (κ3) is 5.29. The minimum atomic E-state index is 0.274. The van der Waals surface area contributed by atoms with E-state index in [0.29, 0.717) is 12.1 Å². The molecular formula is C24H40N6. The quantitative estimate of drug-likeness (QED) is 0.624. The first-order valence-electron chi connectivity index (χ1n) is 11.9. The first kappa shape index (κ1) is 22.9. The minimum absolute atomic E-state index is 0.274. The summed E-state index contributed by atoms with van der Waals surface area (Å²) in [4.78, 5) is 9.75. The van der Waals surface area contributed by atoms with Crippen molar-refractivity contribution in [3.8, 4) is 12.1 Å². The number of rotatable bonds is 6. The molecule has 3 heterocycles. The SMILES string of the molecule is CC(C)N1CCC(N(C)C(=C(C#N)C#N)N2CCC(CN3CCCC3C)CC2)CC1. The summed E-state index contributed by atoms with van der Waals surface area (Å²) in [5.74, 6) is 1.60. The fourth-order valence-electron chi connectivity index (χ4n) is 5.57. The van der Waals surface area contributed by atoms with Gasteiger partial charge in [-0.1, -0.05) is 0 Å². The Balaban J connectivity index is 1.63. The highest BCUT2D eigenvalue weighted by molar-refractivity contribution is 5.39. The molecule has 3 fully saturated rings. The van der Waals surface area contributed by atoms with Gasteiger partial charge in [0.1, 0.15) is 18.0 Å². The molecule has 166 valence electrons. The van der Waals surface area contributed by atoms with Gasteiger partial charge in [0, 0.05) is 57.9 Å². The maximum Gasteiger partial charge on any atom is 0.169 e. The lowest BCUT2D eigenvalue weighted by atomic mass is 9.95. The Morgan fingerprint density at radius 2 is 1.60 bits per heavy atom. The maximum absolute atomic E-state index is 9.66. The average molecular weight is 413 g/mol. The minimum Gasteiger partial charge on any atom is -0.357 e. The summed E-state index contributed by atoms with van der Waals surface area (Å²) in [5.41, 5.74) is 0.274. The molecule has 6 heteroatoms. The van der Waals surface area contributed by atoms with E-state index >= 15 is 0 Å². The van der Waals surface area contributed by atoms with Crippen molar-refractivity contribution in [3.05, 3.63) is 11.4 Å². The van der Waals surface area contributed by atoms with E-state index in [0.717, 1.165) is 69.6 Å². The zero-order valence-corrected chi connectivity index (χ0v) is 19.5. The van der Waals surface area contributed by atoms with Crippen LogP contribution in [0.5, 0.6) is 0 Å². The van der Waals surface area contributed by atoms with Crippen LogP contribution >= 0.6 is 0 Å². The van der Waals surface area contributed by atoms with E-state index in [4.69, 9.17) is 0 Å². The highest BCUT2D eigenvalue weighted by Crippen LogP contribution is 2.29. The second-order valence-corrected chi connectivity index (χ2v) is 9.81. The normalized spacial score (nSPS) is 24.6. The van der Waals surface area contributed by atoms with Gasteiger partial charge < -0.3 is 19.6 Å². The molecule has 3 saturated heterocycles. The Morgan fingerprint density at radius 1 is 0.967 bits per heavy atom. The number of nitrogens with zero attached hydrogens (tertiary/aromatic N) is 6. The fourth-order valence-corrected chi connectivity index (χ4v) is 5.57. The van der Waals surface area contributed by atoms with E-state index in [9.17, 15) is 10.5 Å². The predicted molar refractivity (Wildman–Crippen MR) is 120 cm³/mol. The number of piperidine rings is 2. The summed E-state index contributed by atoms with van der Waals surface area (Å²) in [7, 11) is 2.09. The molecule has 6 nitrogen and oxygen atoms in total. The van der Waals surface area contributed by atoms with Crippen molar-refractivity contribution in [2.45, 2.75) is 77.4 Å². The van der Waals surface area contributed by atoms with Gasteiger partial charge in [-0.25, -0.2) is 0 Å². The first-order valence-corrected chi connectivity index (χ1v) is 11.9. The van der Waals surface area contributed by atoms with Crippen LogP contribution in [0.25, 0.3) is 0 Å². The molecule has 0 aromatic rings. The molecule has 0 saturated carbocycles. The van der Waals surface area contributed by atoms with Gasteiger partial charge in [0.25, 0.3) is 0 Å². The second kappa shape index (κ2) is 10.5. The zero-order valence-electron chi connectivity index (χ0n) is 19.5. The number of likely N-dealkylation sites (tertiary alicyclic amines) is 3. The molecule has 0 aromatic heterocycles. The van der Waals surface area contributed by atoms with Crippen LogP contribution in [0.15, 0.2) is 11.4 Å². The number of hydrogen-bond donors (Lipinski definition) is 0. The van der Waals surface area contributed by atoms with E-state index in [1.807, 2.05) is 0 Å². The molecular weight excluding hydrogens is 372 g/mol. The van der Waals surface area contributed by atoms with Crippen molar-refractivity contribution in [1.82, 2.24) is 19.6 Å². The molecule has 30 heavy (non-hydrogen) atoms. The fraction of sp³-hybridized carbons (Fsp3) is 0.833. The van der Waals surface area contributed by atoms with Crippen LogP contribution < -0.4 is 0 Å². The molecule has 3 aliphatic rings. The summed E-state index contributed by atoms with van der Waals surface area (Å²) in [6, 6.07) is 6.08. The lowest BCUT2D eigenvalue weighted by Gasteiger charge is -2.44. The Bertz CT molecular complexity index is 655. The molecule has 0 amide bonds. The van der Waals surface area contributed by atoms with Crippen LogP contribution in [-0.2, 0) is 0 Å². The lowest BCUT2D eigenvalue weighted by molar-refractivity contribution is 0.0871. The number of nitriles is 2. The molecule has 0 radical (unpaired) electrons. The second-order valence-electron chi connectivity index (χ2n) is 9.81. The van der Waals surface area contributed by atoms with Gasteiger partial charge in [-0.05, 0) is 71.8 Å². The summed E-state index contributed by atoms with van der Waals surface area (Å²) in [6.45, 7) is 13.4. The third-order valence-corrected chi connectivity index (χ3v) is 7.66. The van der Waals surface area contributed by atoms with Crippen LogP contribution in [0.3, 0.4) is 0 Å². The molecule has 0 bridgehead atoms. The molecule has 3 rings (SSSR count). The molecule has 0 spiro atoms. The van der Waals surface area contributed by atoms with Gasteiger partial charge in [-0.2, -0.15) is 10.5 Å². The lowest BCUT2D eigenvalue weighted by Crippen LogP contribution is -2.49. The summed E-state index contributed by atoms with van der Waals surface area (Å²) < 4.78 is 0. The van der Waals surface area contributed by atoms with Crippen molar-refractivity contribution < 1.29 is 0 Å². The Labute approximate surface area is 183 Å². The molecule has 1 atom stereocenters. The van der Waals surface area contributed by atoms with E-state index in [-0.39, 0.29) is 5.57 Å². The van der Waals surface area contributed by atoms with E-state index < -0.39 is 0 Å². The van der Waals surface area contributed by atoms with Crippen molar-refractivity contribution in [2.24, 2.45) is 5.92 Å². The van der Waals surface area contributed by atoms with Crippen LogP contribution in [-0.4, -0.2) is 84.0 Å². The monoisotopic (exact) mass is 412 g/mol. The standard InChI is InChI=1S/C24H40N6/c1-19(2)28-14-9-23(10-15-28)27(4)24(22(16-25)17-26)29-12-7-21(8-13-29)18-30-11-5-6-20(30)3/h19-21,23H,5-15,18H2,1-4H3.